The van der Waals surface area contributed by atoms with E-state index in [1.165, 1.54) is 30.7 Å². The monoisotopic (exact) mass is 418 g/mol. The highest BCUT2D eigenvalue weighted by atomic mass is 19.1. The van der Waals surface area contributed by atoms with Gasteiger partial charge in [-0.15, -0.1) is 0 Å². The smallest absolute Gasteiger partial charge is 0.272 e. The zero-order valence-corrected chi connectivity index (χ0v) is 17.6. The van der Waals surface area contributed by atoms with Gasteiger partial charge in [-0.05, 0) is 80.5 Å². The maximum Gasteiger partial charge on any atom is 0.272 e. The third-order valence-electron chi connectivity index (χ3n) is 6.33. The van der Waals surface area contributed by atoms with Crippen molar-refractivity contribution < 1.29 is 9.18 Å². The maximum atomic E-state index is 13.4. The Hall–Kier alpha value is -3.15. The topological polar surface area (TPSA) is 50.2 Å². The number of nitrogens with zero attached hydrogens (tertiary/aromatic N) is 3. The summed E-state index contributed by atoms with van der Waals surface area (Å²) in [5.74, 6) is -0.430. The van der Waals surface area contributed by atoms with Crippen LogP contribution in [0.1, 0.15) is 53.0 Å². The predicted molar refractivity (Wildman–Crippen MR) is 119 cm³/mol. The number of aromatic nitrogens is 2. The molecule has 2 heterocycles. The van der Waals surface area contributed by atoms with E-state index in [2.05, 4.69) is 39.6 Å². The number of benzene rings is 2. The normalized spacial score (nSPS) is 15.7. The molecule has 1 fully saturated rings. The molecule has 0 radical (unpaired) electrons. The number of nitrogens with one attached hydrogen (secondary N) is 1. The number of anilines is 1. The first-order valence-electron chi connectivity index (χ1n) is 11.2. The summed E-state index contributed by atoms with van der Waals surface area (Å²) in [4.78, 5) is 15.4. The van der Waals surface area contributed by atoms with Crippen LogP contribution in [-0.4, -0.2) is 28.8 Å². The number of amides is 1. The van der Waals surface area contributed by atoms with Gasteiger partial charge in [-0.2, -0.15) is 5.10 Å². The second-order valence-electron chi connectivity index (χ2n) is 8.41. The summed E-state index contributed by atoms with van der Waals surface area (Å²) in [7, 11) is 0. The molecular formula is C25H27FN4O. The first kappa shape index (κ1) is 19.8. The second kappa shape index (κ2) is 8.53. The summed E-state index contributed by atoms with van der Waals surface area (Å²) >= 11 is 0. The minimum absolute atomic E-state index is 0.150. The lowest BCUT2D eigenvalue weighted by atomic mass is 9.95. The average molecular weight is 419 g/mol. The molecule has 0 unspecified atom stereocenters. The van der Waals surface area contributed by atoms with E-state index in [1.54, 1.807) is 12.1 Å². The van der Waals surface area contributed by atoms with Crippen LogP contribution >= 0.6 is 0 Å². The standard InChI is InChI=1S/C25H27FN4O/c26-19-9-13-21(14-10-19)30-23-6-2-1-5-22(23)24(28-30)25(31)27-17-18-7-11-20(12-8-18)29-15-3-4-16-29/h7-14H,1-6,15-17H2,(H,27,31). The molecular weight excluding hydrogens is 391 g/mol. The number of hydrogen-bond donors (Lipinski definition) is 1. The lowest BCUT2D eigenvalue weighted by Gasteiger charge is -2.17. The van der Waals surface area contributed by atoms with E-state index in [4.69, 9.17) is 0 Å². The van der Waals surface area contributed by atoms with Crippen LogP contribution in [0.4, 0.5) is 10.1 Å². The van der Waals surface area contributed by atoms with Crippen molar-refractivity contribution in [3.05, 3.63) is 76.9 Å². The lowest BCUT2D eigenvalue weighted by molar-refractivity contribution is 0.0944. The highest BCUT2D eigenvalue weighted by Crippen LogP contribution is 2.27. The van der Waals surface area contributed by atoms with Crippen molar-refractivity contribution in [1.82, 2.24) is 15.1 Å². The van der Waals surface area contributed by atoms with Crippen molar-refractivity contribution in [2.24, 2.45) is 0 Å². The van der Waals surface area contributed by atoms with E-state index in [1.807, 2.05) is 4.68 Å². The Morgan fingerprint density at radius 2 is 1.58 bits per heavy atom. The molecule has 0 saturated carbocycles. The molecule has 1 aliphatic heterocycles. The van der Waals surface area contributed by atoms with Crippen molar-refractivity contribution in [2.45, 2.75) is 45.1 Å². The van der Waals surface area contributed by atoms with Crippen molar-refractivity contribution in [2.75, 3.05) is 18.0 Å². The zero-order chi connectivity index (χ0) is 21.2. The van der Waals surface area contributed by atoms with Crippen LogP contribution in [0.15, 0.2) is 48.5 Å². The Balaban J connectivity index is 1.32. The van der Waals surface area contributed by atoms with Crippen molar-refractivity contribution in [3.63, 3.8) is 0 Å². The quantitative estimate of drug-likeness (QED) is 0.667. The highest BCUT2D eigenvalue weighted by Gasteiger charge is 2.25. The van der Waals surface area contributed by atoms with Gasteiger partial charge in [0.05, 0.1) is 5.69 Å². The maximum absolute atomic E-state index is 13.4. The molecule has 2 aromatic carbocycles. The number of rotatable bonds is 5. The van der Waals surface area contributed by atoms with E-state index < -0.39 is 0 Å². The average Bonchev–Trinajstić information content (AvgIpc) is 3.47. The second-order valence-corrected chi connectivity index (χ2v) is 8.41. The van der Waals surface area contributed by atoms with Crippen LogP contribution < -0.4 is 10.2 Å². The number of halogens is 1. The first-order valence-corrected chi connectivity index (χ1v) is 11.2. The zero-order valence-electron chi connectivity index (χ0n) is 17.6. The summed E-state index contributed by atoms with van der Waals surface area (Å²) in [5, 5.41) is 7.69. The Bertz CT molecular complexity index is 1070. The molecule has 1 amide bonds. The fourth-order valence-electron chi connectivity index (χ4n) is 4.64. The molecule has 1 aromatic heterocycles. The van der Waals surface area contributed by atoms with Crippen LogP contribution in [0.25, 0.3) is 5.69 Å². The van der Waals surface area contributed by atoms with Crippen LogP contribution in [0.3, 0.4) is 0 Å². The molecule has 31 heavy (non-hydrogen) atoms. The minimum Gasteiger partial charge on any atom is -0.372 e. The summed E-state index contributed by atoms with van der Waals surface area (Å²) in [6, 6.07) is 14.7. The molecule has 3 aromatic rings. The van der Waals surface area contributed by atoms with Gasteiger partial charge in [0.1, 0.15) is 5.82 Å². The summed E-state index contributed by atoms with van der Waals surface area (Å²) in [5.41, 5.74) is 5.70. The van der Waals surface area contributed by atoms with E-state index >= 15 is 0 Å². The van der Waals surface area contributed by atoms with Crippen LogP contribution in [0, 0.1) is 5.82 Å². The van der Waals surface area contributed by atoms with Gasteiger partial charge in [0.25, 0.3) is 5.91 Å². The van der Waals surface area contributed by atoms with Crippen molar-refractivity contribution in [3.8, 4) is 5.69 Å². The summed E-state index contributed by atoms with van der Waals surface area (Å²) in [6.45, 7) is 2.72. The molecule has 0 spiro atoms. The summed E-state index contributed by atoms with van der Waals surface area (Å²) < 4.78 is 15.2. The van der Waals surface area contributed by atoms with Gasteiger partial charge < -0.3 is 10.2 Å². The molecule has 160 valence electrons. The third-order valence-corrected chi connectivity index (χ3v) is 6.33. The number of carbonyl (C=O) groups excluding carboxylic acids is 1. The van der Waals surface area contributed by atoms with Gasteiger partial charge in [0, 0.05) is 36.6 Å². The van der Waals surface area contributed by atoms with Crippen molar-refractivity contribution in [1.29, 1.82) is 0 Å². The molecule has 2 aliphatic rings. The molecule has 6 heteroatoms. The van der Waals surface area contributed by atoms with E-state index in [0.29, 0.717) is 12.2 Å². The Labute approximate surface area is 181 Å². The minimum atomic E-state index is -0.279. The summed E-state index contributed by atoms with van der Waals surface area (Å²) in [6.07, 6.45) is 6.37. The van der Waals surface area contributed by atoms with E-state index in [9.17, 15) is 9.18 Å². The lowest BCUT2D eigenvalue weighted by Crippen LogP contribution is -2.25. The number of hydrogen-bond acceptors (Lipinski definition) is 3. The van der Waals surface area contributed by atoms with Gasteiger partial charge in [-0.1, -0.05) is 12.1 Å². The highest BCUT2D eigenvalue weighted by molar-refractivity contribution is 5.94. The number of fused-ring (bicyclic) bond motifs is 1. The van der Waals surface area contributed by atoms with Crippen LogP contribution in [0.2, 0.25) is 0 Å². The molecule has 1 aliphatic carbocycles. The van der Waals surface area contributed by atoms with Gasteiger partial charge in [0.2, 0.25) is 0 Å². The molecule has 1 N–H and O–H groups in total. The third kappa shape index (κ3) is 4.07. The van der Waals surface area contributed by atoms with Crippen LogP contribution in [-0.2, 0) is 19.4 Å². The fraction of sp³-hybridized carbons (Fsp3) is 0.360. The Kier molecular flexibility index (Phi) is 5.45. The predicted octanol–water partition coefficient (Wildman–Crippen LogP) is 4.42. The molecule has 0 bridgehead atoms. The van der Waals surface area contributed by atoms with Gasteiger partial charge >= 0.3 is 0 Å². The number of carbonyl (C=O) groups is 1. The Morgan fingerprint density at radius 1 is 0.903 bits per heavy atom. The van der Waals surface area contributed by atoms with Gasteiger partial charge in [-0.3, -0.25) is 4.79 Å². The van der Waals surface area contributed by atoms with Crippen molar-refractivity contribution >= 4 is 11.6 Å². The van der Waals surface area contributed by atoms with Gasteiger partial charge in [-0.25, -0.2) is 9.07 Å². The van der Waals surface area contributed by atoms with E-state index in [-0.39, 0.29) is 11.7 Å². The Morgan fingerprint density at radius 3 is 2.32 bits per heavy atom. The molecule has 0 atom stereocenters. The van der Waals surface area contributed by atoms with E-state index in [0.717, 1.165) is 61.3 Å². The fourth-order valence-corrected chi connectivity index (χ4v) is 4.64. The first-order chi connectivity index (χ1) is 15.2. The largest absolute Gasteiger partial charge is 0.372 e. The van der Waals surface area contributed by atoms with Gasteiger partial charge in [0.15, 0.2) is 5.69 Å². The van der Waals surface area contributed by atoms with Crippen LogP contribution in [0.5, 0.6) is 0 Å². The molecule has 5 nitrogen and oxygen atoms in total. The molecule has 5 rings (SSSR count). The molecule has 1 saturated heterocycles. The SMILES string of the molecule is O=C(NCc1ccc(N2CCCC2)cc1)c1nn(-c2ccc(F)cc2)c2c1CCCC2.